The normalized spacial score (nSPS) is 16.2. The number of nitrogens with one attached hydrogen (secondary N) is 1. The molecule has 3 aromatic rings. The summed E-state index contributed by atoms with van der Waals surface area (Å²) in [5.41, 5.74) is 3.48. The minimum Gasteiger partial charge on any atom is -0.327 e. The van der Waals surface area contributed by atoms with Crippen molar-refractivity contribution >= 4 is 44.2 Å². The fourth-order valence-corrected chi connectivity index (χ4v) is 4.82. The van der Waals surface area contributed by atoms with Crippen molar-refractivity contribution in [1.29, 1.82) is 0 Å². The first-order chi connectivity index (χ1) is 14.0. The molecule has 2 amide bonds. The predicted octanol–water partition coefficient (Wildman–Crippen LogP) is 4.56. The average Bonchev–Trinajstić information content (AvgIpc) is 3.42. The van der Waals surface area contributed by atoms with Gasteiger partial charge in [-0.15, -0.1) is 11.3 Å². The smallest absolute Gasteiger partial charge is 0.256 e. The summed E-state index contributed by atoms with van der Waals surface area (Å²) in [5.74, 6) is -0.275. The maximum absolute atomic E-state index is 13.4. The maximum atomic E-state index is 13.4. The fourth-order valence-electron chi connectivity index (χ4n) is 3.90. The zero-order chi connectivity index (χ0) is 20.5. The summed E-state index contributed by atoms with van der Waals surface area (Å²) in [6.07, 6.45) is 3.12. The molecule has 0 spiro atoms. The van der Waals surface area contributed by atoms with Crippen LogP contribution in [0.4, 0.5) is 5.13 Å². The van der Waals surface area contributed by atoms with Crippen molar-refractivity contribution in [3.63, 3.8) is 0 Å². The second kappa shape index (κ2) is 8.12. The number of carbonyl (C=O) groups excluding carboxylic acids is 2. The first-order valence-corrected chi connectivity index (χ1v) is 11.1. The summed E-state index contributed by atoms with van der Waals surface area (Å²) in [4.78, 5) is 31.9. The standard InChI is InChI=1S/C21H21BrN4O2S/c1-13-11-17(14(2)26(13)16-6-3-5-15(22)12-16)20(28)25-9-4-7-18(25)19(27)24-21-23-8-10-29-21/h3,5-6,8,10-12,18H,4,7,9H2,1-2H3,(H,23,24,27). The number of carbonyl (C=O) groups is 2. The van der Waals surface area contributed by atoms with Crippen LogP contribution in [-0.4, -0.2) is 38.9 Å². The Labute approximate surface area is 181 Å². The molecule has 1 aliphatic heterocycles. The highest BCUT2D eigenvalue weighted by molar-refractivity contribution is 9.10. The summed E-state index contributed by atoms with van der Waals surface area (Å²) >= 11 is 4.88. The molecule has 4 rings (SSSR count). The van der Waals surface area contributed by atoms with E-state index in [0.717, 1.165) is 28.0 Å². The summed E-state index contributed by atoms with van der Waals surface area (Å²) in [7, 11) is 0. The first kappa shape index (κ1) is 19.8. The number of thiazole rings is 1. The molecule has 0 bridgehead atoms. The van der Waals surface area contributed by atoms with Gasteiger partial charge in [0.1, 0.15) is 6.04 Å². The van der Waals surface area contributed by atoms with Crippen molar-refractivity contribution in [3.8, 4) is 5.69 Å². The molecule has 8 heteroatoms. The minimum atomic E-state index is -0.472. The van der Waals surface area contributed by atoms with Crippen molar-refractivity contribution < 1.29 is 9.59 Å². The summed E-state index contributed by atoms with van der Waals surface area (Å²) in [6, 6.07) is 9.42. The number of hydrogen-bond donors (Lipinski definition) is 1. The van der Waals surface area contributed by atoms with Gasteiger partial charge >= 0.3 is 0 Å². The molecule has 2 aromatic heterocycles. The number of aryl methyl sites for hydroxylation is 1. The highest BCUT2D eigenvalue weighted by Gasteiger charge is 2.36. The Kier molecular flexibility index (Phi) is 5.56. The summed E-state index contributed by atoms with van der Waals surface area (Å²) < 4.78 is 3.05. The lowest BCUT2D eigenvalue weighted by molar-refractivity contribution is -0.119. The molecule has 1 aromatic carbocycles. The molecule has 1 N–H and O–H groups in total. The zero-order valence-corrected chi connectivity index (χ0v) is 18.6. The van der Waals surface area contributed by atoms with Gasteiger partial charge in [-0.05, 0) is 51.0 Å². The van der Waals surface area contributed by atoms with Crippen LogP contribution in [0.2, 0.25) is 0 Å². The number of hydrogen-bond acceptors (Lipinski definition) is 4. The quantitative estimate of drug-likeness (QED) is 0.605. The van der Waals surface area contributed by atoms with E-state index in [1.165, 1.54) is 11.3 Å². The number of amides is 2. The van der Waals surface area contributed by atoms with E-state index in [9.17, 15) is 9.59 Å². The molecule has 1 unspecified atom stereocenters. The average molecular weight is 473 g/mol. The van der Waals surface area contributed by atoms with E-state index in [1.807, 2.05) is 49.6 Å². The Morgan fingerprint density at radius 1 is 1.28 bits per heavy atom. The molecule has 1 aliphatic rings. The van der Waals surface area contributed by atoms with Crippen LogP contribution in [0, 0.1) is 13.8 Å². The molecule has 6 nitrogen and oxygen atoms in total. The number of benzene rings is 1. The predicted molar refractivity (Wildman–Crippen MR) is 118 cm³/mol. The van der Waals surface area contributed by atoms with Crippen LogP contribution in [0.3, 0.4) is 0 Å². The Morgan fingerprint density at radius 3 is 2.83 bits per heavy atom. The summed E-state index contributed by atoms with van der Waals surface area (Å²) in [6.45, 7) is 4.51. The van der Waals surface area contributed by atoms with Crippen molar-refractivity contribution in [2.45, 2.75) is 32.7 Å². The highest BCUT2D eigenvalue weighted by Crippen LogP contribution is 2.27. The van der Waals surface area contributed by atoms with Crippen LogP contribution < -0.4 is 5.32 Å². The topological polar surface area (TPSA) is 67.2 Å². The van der Waals surface area contributed by atoms with Gasteiger partial charge in [0, 0.05) is 39.7 Å². The van der Waals surface area contributed by atoms with Gasteiger partial charge < -0.3 is 14.8 Å². The van der Waals surface area contributed by atoms with E-state index in [-0.39, 0.29) is 11.8 Å². The molecule has 29 heavy (non-hydrogen) atoms. The van der Waals surface area contributed by atoms with E-state index in [0.29, 0.717) is 23.7 Å². The number of aromatic nitrogens is 2. The van der Waals surface area contributed by atoms with Crippen LogP contribution in [0.5, 0.6) is 0 Å². The second-order valence-corrected chi connectivity index (χ2v) is 8.89. The third-order valence-electron chi connectivity index (χ3n) is 5.21. The SMILES string of the molecule is Cc1cc(C(=O)N2CCCC2C(=O)Nc2nccs2)c(C)n1-c1cccc(Br)c1. The third kappa shape index (κ3) is 3.86. The van der Waals surface area contributed by atoms with Gasteiger partial charge in [-0.2, -0.15) is 0 Å². The maximum Gasteiger partial charge on any atom is 0.256 e. The number of rotatable bonds is 4. The van der Waals surface area contributed by atoms with Crippen LogP contribution in [-0.2, 0) is 4.79 Å². The van der Waals surface area contributed by atoms with Gasteiger partial charge in [0.05, 0.1) is 5.56 Å². The molecule has 0 saturated carbocycles. The largest absolute Gasteiger partial charge is 0.327 e. The lowest BCUT2D eigenvalue weighted by Crippen LogP contribution is -2.43. The lowest BCUT2D eigenvalue weighted by Gasteiger charge is -2.23. The monoisotopic (exact) mass is 472 g/mol. The van der Waals surface area contributed by atoms with Gasteiger partial charge in [0.2, 0.25) is 5.91 Å². The fraction of sp³-hybridized carbons (Fsp3) is 0.286. The van der Waals surface area contributed by atoms with E-state index < -0.39 is 6.04 Å². The zero-order valence-electron chi connectivity index (χ0n) is 16.2. The molecule has 1 atom stereocenters. The number of halogens is 1. The van der Waals surface area contributed by atoms with Gasteiger partial charge in [0.15, 0.2) is 5.13 Å². The number of likely N-dealkylation sites (tertiary alicyclic amines) is 1. The van der Waals surface area contributed by atoms with Gasteiger partial charge in [-0.3, -0.25) is 9.59 Å². The summed E-state index contributed by atoms with van der Waals surface area (Å²) in [5, 5.41) is 5.19. The molecule has 0 aliphatic carbocycles. The number of anilines is 1. The molecule has 150 valence electrons. The molecule has 3 heterocycles. The number of nitrogens with zero attached hydrogens (tertiary/aromatic N) is 3. The highest BCUT2D eigenvalue weighted by atomic mass is 79.9. The molecular weight excluding hydrogens is 452 g/mol. The van der Waals surface area contributed by atoms with Crippen molar-refractivity contribution in [2.24, 2.45) is 0 Å². The van der Waals surface area contributed by atoms with Crippen LogP contribution in [0.15, 0.2) is 46.4 Å². The molecule has 0 radical (unpaired) electrons. The van der Waals surface area contributed by atoms with Gasteiger partial charge in [-0.25, -0.2) is 4.98 Å². The Balaban J connectivity index is 1.60. The van der Waals surface area contributed by atoms with E-state index in [1.54, 1.807) is 11.1 Å². The Bertz CT molecular complexity index is 1060. The van der Waals surface area contributed by atoms with Gasteiger partial charge in [0.25, 0.3) is 5.91 Å². The van der Waals surface area contributed by atoms with Crippen LogP contribution in [0.25, 0.3) is 5.69 Å². The minimum absolute atomic E-state index is 0.101. The molecule has 1 fully saturated rings. The van der Waals surface area contributed by atoms with Crippen LogP contribution >= 0.6 is 27.3 Å². The van der Waals surface area contributed by atoms with Crippen molar-refractivity contribution in [3.05, 3.63) is 63.3 Å². The van der Waals surface area contributed by atoms with E-state index in [4.69, 9.17) is 0 Å². The van der Waals surface area contributed by atoms with E-state index >= 15 is 0 Å². The Morgan fingerprint density at radius 2 is 2.10 bits per heavy atom. The van der Waals surface area contributed by atoms with Crippen molar-refractivity contribution in [2.75, 3.05) is 11.9 Å². The van der Waals surface area contributed by atoms with Gasteiger partial charge in [-0.1, -0.05) is 22.0 Å². The van der Waals surface area contributed by atoms with Crippen LogP contribution in [0.1, 0.15) is 34.6 Å². The molecule has 1 saturated heterocycles. The lowest BCUT2D eigenvalue weighted by atomic mass is 10.1. The molecular formula is C21H21BrN4O2S. The van der Waals surface area contributed by atoms with E-state index in [2.05, 4.69) is 30.8 Å². The van der Waals surface area contributed by atoms with Crippen molar-refractivity contribution in [1.82, 2.24) is 14.5 Å². The second-order valence-electron chi connectivity index (χ2n) is 7.08. The Hall–Kier alpha value is -2.45. The first-order valence-electron chi connectivity index (χ1n) is 9.42. The third-order valence-corrected chi connectivity index (χ3v) is 6.39.